The summed E-state index contributed by atoms with van der Waals surface area (Å²) in [4.78, 5) is 23.5. The topological polar surface area (TPSA) is 61.2 Å². The fourth-order valence-corrected chi connectivity index (χ4v) is 1.59. The van der Waals surface area contributed by atoms with Crippen LogP contribution in [-0.4, -0.2) is 22.4 Å². The number of carbonyl (C=O) groups excluding carboxylic acids is 1. The molecule has 1 aromatic heterocycles. The van der Waals surface area contributed by atoms with Crippen molar-refractivity contribution < 1.29 is 9.53 Å². The van der Waals surface area contributed by atoms with Crippen molar-refractivity contribution in [2.75, 3.05) is 6.61 Å². The van der Waals surface area contributed by atoms with E-state index < -0.39 is 12.0 Å². The maximum absolute atomic E-state index is 11.8. The Balaban J connectivity index is 3.05. The van der Waals surface area contributed by atoms with E-state index in [0.29, 0.717) is 13.0 Å². The van der Waals surface area contributed by atoms with Gasteiger partial charge in [-0.25, -0.2) is 9.48 Å². The lowest BCUT2D eigenvalue weighted by molar-refractivity contribution is -0.147. The quantitative estimate of drug-likeness (QED) is 0.728. The van der Waals surface area contributed by atoms with Gasteiger partial charge in [-0.3, -0.25) is 4.79 Å². The molecule has 0 aliphatic heterocycles. The Labute approximate surface area is 100 Å². The van der Waals surface area contributed by atoms with Gasteiger partial charge in [0.25, 0.3) is 5.56 Å². The molecule has 0 aliphatic rings. The van der Waals surface area contributed by atoms with Gasteiger partial charge in [0.1, 0.15) is 0 Å². The van der Waals surface area contributed by atoms with Crippen molar-refractivity contribution in [2.24, 2.45) is 0 Å². The number of aryl methyl sites for hydroxylation is 1. The molecule has 1 atom stereocenters. The Kier molecular flexibility index (Phi) is 4.87. The molecular formula is C12H18N2O3. The van der Waals surface area contributed by atoms with E-state index in [1.54, 1.807) is 20.0 Å². The standard InChI is InChI=1S/C12H18N2O3/c1-4-6-10(12(16)17-5-2)14-11(15)7-9(3)8-13-14/h7-8,10H,4-6H2,1-3H3. The van der Waals surface area contributed by atoms with Gasteiger partial charge in [-0.2, -0.15) is 5.10 Å². The number of hydrogen-bond acceptors (Lipinski definition) is 4. The van der Waals surface area contributed by atoms with Crippen LogP contribution >= 0.6 is 0 Å². The molecule has 1 rings (SSSR count). The van der Waals surface area contributed by atoms with Crippen molar-refractivity contribution >= 4 is 5.97 Å². The molecule has 0 bridgehead atoms. The zero-order valence-electron chi connectivity index (χ0n) is 10.5. The third-order valence-corrected chi connectivity index (χ3v) is 2.38. The summed E-state index contributed by atoms with van der Waals surface area (Å²) in [5.41, 5.74) is 0.516. The van der Waals surface area contributed by atoms with E-state index in [1.165, 1.54) is 10.7 Å². The number of nitrogens with zero attached hydrogens (tertiary/aromatic N) is 2. The molecule has 0 radical (unpaired) electrons. The number of carbonyl (C=O) groups is 1. The second kappa shape index (κ2) is 6.18. The van der Waals surface area contributed by atoms with Crippen LogP contribution in [0, 0.1) is 6.92 Å². The van der Waals surface area contributed by atoms with Crippen molar-refractivity contribution in [2.45, 2.75) is 39.7 Å². The van der Waals surface area contributed by atoms with Crippen molar-refractivity contribution in [1.29, 1.82) is 0 Å². The summed E-state index contributed by atoms with van der Waals surface area (Å²) in [5.74, 6) is -0.396. The van der Waals surface area contributed by atoms with Gasteiger partial charge >= 0.3 is 5.97 Å². The van der Waals surface area contributed by atoms with E-state index in [9.17, 15) is 9.59 Å². The van der Waals surface area contributed by atoms with E-state index in [0.717, 1.165) is 12.0 Å². The second-order valence-corrected chi connectivity index (χ2v) is 3.87. The number of ether oxygens (including phenoxy) is 1. The molecule has 0 spiro atoms. The average Bonchev–Trinajstić information content (AvgIpc) is 2.27. The highest BCUT2D eigenvalue weighted by Gasteiger charge is 2.22. The lowest BCUT2D eigenvalue weighted by Gasteiger charge is -2.16. The average molecular weight is 238 g/mol. The first-order valence-corrected chi connectivity index (χ1v) is 5.82. The predicted molar refractivity (Wildman–Crippen MR) is 63.8 cm³/mol. The monoisotopic (exact) mass is 238 g/mol. The van der Waals surface area contributed by atoms with Crippen molar-refractivity contribution in [3.63, 3.8) is 0 Å². The summed E-state index contributed by atoms with van der Waals surface area (Å²) < 4.78 is 6.16. The van der Waals surface area contributed by atoms with Gasteiger partial charge in [-0.15, -0.1) is 0 Å². The first-order valence-electron chi connectivity index (χ1n) is 5.82. The van der Waals surface area contributed by atoms with E-state index >= 15 is 0 Å². The maximum atomic E-state index is 11.8. The maximum Gasteiger partial charge on any atom is 0.331 e. The molecule has 1 heterocycles. The molecule has 5 nitrogen and oxygen atoms in total. The molecule has 1 unspecified atom stereocenters. The molecule has 0 aromatic carbocycles. The van der Waals surface area contributed by atoms with Crippen LogP contribution in [0.15, 0.2) is 17.1 Å². The van der Waals surface area contributed by atoms with Crippen LogP contribution in [0.4, 0.5) is 0 Å². The molecule has 0 fully saturated rings. The zero-order valence-corrected chi connectivity index (χ0v) is 10.5. The molecule has 5 heteroatoms. The minimum Gasteiger partial charge on any atom is -0.464 e. The van der Waals surface area contributed by atoms with E-state index in [4.69, 9.17) is 4.74 Å². The Morgan fingerprint density at radius 3 is 2.76 bits per heavy atom. The van der Waals surface area contributed by atoms with Gasteiger partial charge in [-0.05, 0) is 25.8 Å². The highest BCUT2D eigenvalue weighted by Crippen LogP contribution is 2.12. The predicted octanol–water partition coefficient (Wildman–Crippen LogP) is 1.46. The Hall–Kier alpha value is -1.65. The van der Waals surface area contributed by atoms with Crippen molar-refractivity contribution in [3.8, 4) is 0 Å². The fraction of sp³-hybridized carbons (Fsp3) is 0.583. The lowest BCUT2D eigenvalue weighted by Crippen LogP contribution is -2.32. The molecule has 0 amide bonds. The van der Waals surface area contributed by atoms with Gasteiger partial charge in [0.2, 0.25) is 0 Å². The number of rotatable bonds is 5. The SMILES string of the molecule is CCCC(C(=O)OCC)n1ncc(C)cc1=O. The van der Waals surface area contributed by atoms with E-state index in [2.05, 4.69) is 5.10 Å². The van der Waals surface area contributed by atoms with Gasteiger partial charge in [0.05, 0.1) is 12.8 Å². The highest BCUT2D eigenvalue weighted by atomic mass is 16.5. The van der Waals surface area contributed by atoms with Gasteiger partial charge in [0, 0.05) is 6.07 Å². The minimum atomic E-state index is -0.618. The molecule has 0 saturated carbocycles. The van der Waals surface area contributed by atoms with E-state index in [-0.39, 0.29) is 5.56 Å². The molecule has 0 N–H and O–H groups in total. The fourth-order valence-electron chi connectivity index (χ4n) is 1.59. The first-order chi connectivity index (χ1) is 8.10. The van der Waals surface area contributed by atoms with Crippen LogP contribution in [0.2, 0.25) is 0 Å². The van der Waals surface area contributed by atoms with Gasteiger partial charge in [0.15, 0.2) is 6.04 Å². The van der Waals surface area contributed by atoms with Crippen molar-refractivity contribution in [1.82, 2.24) is 9.78 Å². The molecule has 94 valence electrons. The van der Waals surface area contributed by atoms with Gasteiger partial charge in [-0.1, -0.05) is 13.3 Å². The van der Waals surface area contributed by atoms with Gasteiger partial charge < -0.3 is 4.74 Å². The van der Waals surface area contributed by atoms with Crippen LogP contribution in [0.3, 0.4) is 0 Å². The summed E-state index contributed by atoms with van der Waals surface area (Å²) in [6, 6.07) is 0.850. The molecule has 1 aromatic rings. The minimum absolute atomic E-state index is 0.267. The molecule has 17 heavy (non-hydrogen) atoms. The Bertz CT molecular complexity index is 440. The van der Waals surface area contributed by atoms with Crippen LogP contribution in [0.5, 0.6) is 0 Å². The summed E-state index contributed by atoms with van der Waals surface area (Å²) >= 11 is 0. The summed E-state index contributed by atoms with van der Waals surface area (Å²) in [6.45, 7) is 5.79. The Morgan fingerprint density at radius 2 is 2.24 bits per heavy atom. The summed E-state index contributed by atoms with van der Waals surface area (Å²) in [7, 11) is 0. The summed E-state index contributed by atoms with van der Waals surface area (Å²) in [5, 5.41) is 4.00. The smallest absolute Gasteiger partial charge is 0.331 e. The third kappa shape index (κ3) is 3.41. The van der Waals surface area contributed by atoms with E-state index in [1.807, 2.05) is 6.92 Å². The largest absolute Gasteiger partial charge is 0.464 e. The van der Waals surface area contributed by atoms with Crippen LogP contribution in [0.25, 0.3) is 0 Å². The number of aromatic nitrogens is 2. The normalized spacial score (nSPS) is 12.2. The van der Waals surface area contributed by atoms with Crippen LogP contribution < -0.4 is 5.56 Å². The Morgan fingerprint density at radius 1 is 1.53 bits per heavy atom. The van der Waals surface area contributed by atoms with Crippen molar-refractivity contribution in [3.05, 3.63) is 28.2 Å². The summed E-state index contributed by atoms with van der Waals surface area (Å²) in [6.07, 6.45) is 2.91. The molecular weight excluding hydrogens is 220 g/mol. The number of esters is 1. The zero-order chi connectivity index (χ0) is 12.8. The van der Waals surface area contributed by atoms with Crippen LogP contribution in [-0.2, 0) is 9.53 Å². The molecule has 0 aliphatic carbocycles. The second-order valence-electron chi connectivity index (χ2n) is 3.87. The lowest BCUT2D eigenvalue weighted by atomic mass is 10.1. The highest BCUT2D eigenvalue weighted by molar-refractivity contribution is 5.74. The number of hydrogen-bond donors (Lipinski definition) is 0. The van der Waals surface area contributed by atoms with Crippen LogP contribution in [0.1, 0.15) is 38.3 Å². The first kappa shape index (κ1) is 13.4. The third-order valence-electron chi connectivity index (χ3n) is 2.38. The molecule has 0 saturated heterocycles.